The van der Waals surface area contributed by atoms with Crippen molar-refractivity contribution in [1.29, 1.82) is 0 Å². The quantitative estimate of drug-likeness (QED) is 0.801. The fraction of sp³-hybridized carbons (Fsp3) is 0.167. The average Bonchev–Trinajstić information content (AvgIpc) is 2.57. The molecule has 2 aromatic carbocycles. The number of aromatic hydroxyl groups is 1. The number of hydrogen-bond donors (Lipinski definition) is 1. The van der Waals surface area contributed by atoms with Crippen molar-refractivity contribution in [2.75, 3.05) is 14.2 Å². The Morgan fingerprint density at radius 2 is 1.87 bits per heavy atom. The molecule has 0 radical (unpaired) electrons. The van der Waals surface area contributed by atoms with Gasteiger partial charge in [0.1, 0.15) is 5.75 Å². The maximum atomic E-state index is 12.5. The van der Waals surface area contributed by atoms with Crippen LogP contribution in [0, 0.1) is 6.92 Å². The van der Waals surface area contributed by atoms with Crippen LogP contribution >= 0.6 is 0 Å². The Hall–Kier alpha value is -2.95. The van der Waals surface area contributed by atoms with E-state index < -0.39 is 11.2 Å². The molecule has 0 aliphatic heterocycles. The van der Waals surface area contributed by atoms with Crippen LogP contribution in [-0.2, 0) is 0 Å². The van der Waals surface area contributed by atoms with E-state index in [1.165, 1.54) is 20.3 Å². The van der Waals surface area contributed by atoms with Gasteiger partial charge in [-0.25, -0.2) is 0 Å². The summed E-state index contributed by atoms with van der Waals surface area (Å²) in [7, 11) is 2.97. The standard InChI is InChI=1S/C18H16O5/c1-10-5-4-6-11(7-10)17-16(20)15(19)13-8-12(21-2)9-14(22-3)18(13)23-17/h4-9,20H,1-3H3. The van der Waals surface area contributed by atoms with Crippen LogP contribution in [0.15, 0.2) is 45.6 Å². The van der Waals surface area contributed by atoms with Crippen molar-refractivity contribution in [2.45, 2.75) is 6.92 Å². The average molecular weight is 312 g/mol. The molecule has 0 amide bonds. The molecule has 1 N–H and O–H groups in total. The van der Waals surface area contributed by atoms with E-state index in [2.05, 4.69) is 0 Å². The Kier molecular flexibility index (Phi) is 3.70. The molecule has 0 saturated carbocycles. The number of aryl methyl sites for hydroxylation is 1. The summed E-state index contributed by atoms with van der Waals surface area (Å²) in [4.78, 5) is 12.5. The lowest BCUT2D eigenvalue weighted by Gasteiger charge is -2.11. The number of methoxy groups -OCH3 is 2. The molecule has 0 atom stereocenters. The molecule has 23 heavy (non-hydrogen) atoms. The predicted molar refractivity (Wildman–Crippen MR) is 87.4 cm³/mol. The maximum absolute atomic E-state index is 12.5. The molecule has 5 heteroatoms. The predicted octanol–water partition coefficient (Wildman–Crippen LogP) is 3.49. The van der Waals surface area contributed by atoms with Crippen molar-refractivity contribution in [1.82, 2.24) is 0 Å². The Bertz CT molecular complexity index is 940. The van der Waals surface area contributed by atoms with E-state index >= 15 is 0 Å². The highest BCUT2D eigenvalue weighted by molar-refractivity contribution is 5.87. The van der Waals surface area contributed by atoms with E-state index in [4.69, 9.17) is 13.9 Å². The molecule has 0 aliphatic rings. The highest BCUT2D eigenvalue weighted by atomic mass is 16.5. The van der Waals surface area contributed by atoms with Gasteiger partial charge in [0.2, 0.25) is 11.2 Å². The first-order valence-corrected chi connectivity index (χ1v) is 7.04. The summed E-state index contributed by atoms with van der Waals surface area (Å²) in [6.07, 6.45) is 0. The second-order valence-corrected chi connectivity index (χ2v) is 5.18. The second-order valence-electron chi connectivity index (χ2n) is 5.18. The van der Waals surface area contributed by atoms with E-state index in [0.29, 0.717) is 17.1 Å². The van der Waals surface area contributed by atoms with Crippen molar-refractivity contribution in [3.05, 3.63) is 52.2 Å². The number of ether oxygens (including phenoxy) is 2. The van der Waals surface area contributed by atoms with Gasteiger partial charge in [-0.3, -0.25) is 4.79 Å². The zero-order valence-electron chi connectivity index (χ0n) is 13.0. The fourth-order valence-corrected chi connectivity index (χ4v) is 2.48. The van der Waals surface area contributed by atoms with Crippen LogP contribution < -0.4 is 14.9 Å². The molecule has 1 heterocycles. The molecule has 1 aromatic heterocycles. The monoisotopic (exact) mass is 312 g/mol. The second kappa shape index (κ2) is 5.68. The van der Waals surface area contributed by atoms with E-state index in [1.807, 2.05) is 25.1 Å². The Morgan fingerprint density at radius 1 is 1.09 bits per heavy atom. The van der Waals surface area contributed by atoms with Gasteiger partial charge >= 0.3 is 0 Å². The molecule has 0 saturated heterocycles. The fourth-order valence-electron chi connectivity index (χ4n) is 2.48. The van der Waals surface area contributed by atoms with Crippen molar-refractivity contribution in [3.63, 3.8) is 0 Å². The summed E-state index contributed by atoms with van der Waals surface area (Å²) in [6, 6.07) is 10.5. The molecular formula is C18H16O5. The first-order chi connectivity index (χ1) is 11.0. The molecular weight excluding hydrogens is 296 g/mol. The molecule has 3 rings (SSSR count). The number of benzene rings is 2. The van der Waals surface area contributed by atoms with Crippen molar-refractivity contribution >= 4 is 11.0 Å². The van der Waals surface area contributed by atoms with Crippen LogP contribution in [0.3, 0.4) is 0 Å². The molecule has 3 aromatic rings. The van der Waals surface area contributed by atoms with Crippen LogP contribution in [0.5, 0.6) is 17.2 Å². The van der Waals surface area contributed by atoms with Crippen LogP contribution in [0.1, 0.15) is 5.56 Å². The summed E-state index contributed by atoms with van der Waals surface area (Å²) < 4.78 is 16.2. The lowest BCUT2D eigenvalue weighted by molar-refractivity contribution is 0.390. The van der Waals surface area contributed by atoms with Gasteiger partial charge in [-0.15, -0.1) is 0 Å². The minimum absolute atomic E-state index is 0.120. The highest BCUT2D eigenvalue weighted by Crippen LogP contribution is 2.36. The van der Waals surface area contributed by atoms with Gasteiger partial charge in [-0.1, -0.05) is 23.8 Å². The number of rotatable bonds is 3. The van der Waals surface area contributed by atoms with Gasteiger partial charge in [0.25, 0.3) is 0 Å². The summed E-state index contributed by atoms with van der Waals surface area (Å²) in [6.45, 7) is 1.92. The molecule has 0 bridgehead atoms. The summed E-state index contributed by atoms with van der Waals surface area (Å²) >= 11 is 0. The van der Waals surface area contributed by atoms with Gasteiger partial charge in [0.05, 0.1) is 19.6 Å². The lowest BCUT2D eigenvalue weighted by Crippen LogP contribution is -2.04. The topological polar surface area (TPSA) is 68.9 Å². The minimum Gasteiger partial charge on any atom is -0.502 e. The van der Waals surface area contributed by atoms with Crippen LogP contribution in [0.25, 0.3) is 22.3 Å². The van der Waals surface area contributed by atoms with Crippen LogP contribution in [0.4, 0.5) is 0 Å². The lowest BCUT2D eigenvalue weighted by atomic mass is 10.1. The molecule has 5 nitrogen and oxygen atoms in total. The van der Waals surface area contributed by atoms with Gasteiger partial charge in [-0.05, 0) is 19.1 Å². The largest absolute Gasteiger partial charge is 0.502 e. The third-order valence-corrected chi connectivity index (χ3v) is 3.64. The van der Waals surface area contributed by atoms with Gasteiger partial charge in [-0.2, -0.15) is 0 Å². The minimum atomic E-state index is -0.528. The van der Waals surface area contributed by atoms with Crippen molar-refractivity contribution < 1.29 is 19.0 Å². The maximum Gasteiger partial charge on any atom is 0.235 e. The summed E-state index contributed by atoms with van der Waals surface area (Å²) in [5.74, 6) is 0.503. The van der Waals surface area contributed by atoms with Gasteiger partial charge < -0.3 is 19.0 Å². The molecule has 0 spiro atoms. The zero-order chi connectivity index (χ0) is 16.6. The van der Waals surface area contributed by atoms with E-state index in [0.717, 1.165) is 5.56 Å². The van der Waals surface area contributed by atoms with Crippen LogP contribution in [0.2, 0.25) is 0 Å². The van der Waals surface area contributed by atoms with Gasteiger partial charge in [0.15, 0.2) is 17.1 Å². The molecule has 118 valence electrons. The third-order valence-electron chi connectivity index (χ3n) is 3.64. The highest BCUT2D eigenvalue weighted by Gasteiger charge is 2.19. The van der Waals surface area contributed by atoms with Gasteiger partial charge in [0, 0.05) is 11.6 Å². The number of hydrogen-bond acceptors (Lipinski definition) is 5. The Labute approximate surface area is 132 Å². The van der Waals surface area contributed by atoms with Crippen molar-refractivity contribution in [2.24, 2.45) is 0 Å². The van der Waals surface area contributed by atoms with E-state index in [1.54, 1.807) is 12.1 Å². The first-order valence-electron chi connectivity index (χ1n) is 7.04. The molecule has 0 aliphatic carbocycles. The third kappa shape index (κ3) is 2.50. The summed E-state index contributed by atoms with van der Waals surface area (Å²) in [5, 5.41) is 10.5. The normalized spacial score (nSPS) is 10.7. The van der Waals surface area contributed by atoms with E-state index in [-0.39, 0.29) is 16.7 Å². The summed E-state index contributed by atoms with van der Waals surface area (Å²) in [5.41, 5.74) is 1.36. The zero-order valence-corrected chi connectivity index (χ0v) is 13.0. The molecule has 0 unspecified atom stereocenters. The van der Waals surface area contributed by atoms with Crippen LogP contribution in [-0.4, -0.2) is 19.3 Å². The molecule has 0 fully saturated rings. The van der Waals surface area contributed by atoms with E-state index in [9.17, 15) is 9.90 Å². The SMILES string of the molecule is COc1cc(OC)c2oc(-c3cccc(C)c3)c(O)c(=O)c2c1. The number of fused-ring (bicyclic) bond motifs is 1. The first kappa shape index (κ1) is 15.0. The van der Waals surface area contributed by atoms with Crippen molar-refractivity contribution in [3.8, 4) is 28.6 Å². The Balaban J connectivity index is 2.38. The Morgan fingerprint density at radius 3 is 2.52 bits per heavy atom. The smallest absolute Gasteiger partial charge is 0.235 e.